The van der Waals surface area contributed by atoms with E-state index in [0.717, 1.165) is 43.6 Å². The van der Waals surface area contributed by atoms with E-state index in [4.69, 9.17) is 4.74 Å². The number of ether oxygens (including phenoxy) is 1. The van der Waals surface area contributed by atoms with Gasteiger partial charge in [0, 0.05) is 19.1 Å². The SMILES string of the molecule is Cc1ccc2[nH]c(=O)n(CC3CCCOC3)c2c1. The molecule has 1 aromatic carbocycles. The van der Waals surface area contributed by atoms with Crippen molar-refractivity contribution in [1.82, 2.24) is 9.55 Å². The number of imidazole rings is 1. The fourth-order valence-corrected chi connectivity index (χ4v) is 2.65. The maximum Gasteiger partial charge on any atom is 0.326 e. The maximum atomic E-state index is 12.0. The predicted octanol–water partition coefficient (Wildman–Crippen LogP) is 2.06. The van der Waals surface area contributed by atoms with Crippen molar-refractivity contribution in [3.63, 3.8) is 0 Å². The lowest BCUT2D eigenvalue weighted by Crippen LogP contribution is -2.27. The van der Waals surface area contributed by atoms with Crippen LogP contribution >= 0.6 is 0 Å². The first-order valence-corrected chi connectivity index (χ1v) is 6.51. The van der Waals surface area contributed by atoms with E-state index in [0.29, 0.717) is 5.92 Å². The highest BCUT2D eigenvalue weighted by atomic mass is 16.5. The van der Waals surface area contributed by atoms with E-state index in [9.17, 15) is 4.79 Å². The van der Waals surface area contributed by atoms with Gasteiger partial charge < -0.3 is 9.72 Å². The van der Waals surface area contributed by atoms with Crippen LogP contribution in [0.3, 0.4) is 0 Å². The Kier molecular flexibility index (Phi) is 2.96. The van der Waals surface area contributed by atoms with Crippen LogP contribution in [0.5, 0.6) is 0 Å². The molecule has 4 nitrogen and oxygen atoms in total. The molecule has 1 aromatic heterocycles. The molecule has 1 saturated heterocycles. The average Bonchev–Trinajstić information content (AvgIpc) is 2.67. The van der Waals surface area contributed by atoms with Gasteiger partial charge in [0.05, 0.1) is 17.6 Å². The van der Waals surface area contributed by atoms with E-state index >= 15 is 0 Å². The second-order valence-electron chi connectivity index (χ2n) is 5.14. The molecule has 18 heavy (non-hydrogen) atoms. The number of benzene rings is 1. The van der Waals surface area contributed by atoms with E-state index in [1.165, 1.54) is 5.56 Å². The first-order valence-electron chi connectivity index (χ1n) is 6.51. The summed E-state index contributed by atoms with van der Waals surface area (Å²) in [7, 11) is 0. The van der Waals surface area contributed by atoms with Crippen LogP contribution in [0.2, 0.25) is 0 Å². The smallest absolute Gasteiger partial charge is 0.326 e. The fourth-order valence-electron chi connectivity index (χ4n) is 2.65. The largest absolute Gasteiger partial charge is 0.381 e. The van der Waals surface area contributed by atoms with Gasteiger partial charge in [0.2, 0.25) is 0 Å². The van der Waals surface area contributed by atoms with Crippen LogP contribution in [-0.4, -0.2) is 22.8 Å². The van der Waals surface area contributed by atoms with E-state index in [1.807, 2.05) is 23.6 Å². The minimum atomic E-state index is -0.0128. The molecular weight excluding hydrogens is 228 g/mol. The van der Waals surface area contributed by atoms with Crippen LogP contribution in [0.25, 0.3) is 11.0 Å². The topological polar surface area (TPSA) is 47.0 Å². The zero-order valence-corrected chi connectivity index (χ0v) is 10.6. The lowest BCUT2D eigenvalue weighted by atomic mass is 10.0. The molecule has 1 N–H and O–H groups in total. The molecule has 1 fully saturated rings. The monoisotopic (exact) mass is 246 g/mol. The molecule has 1 atom stereocenters. The van der Waals surface area contributed by atoms with Gasteiger partial charge in [0.1, 0.15) is 0 Å². The van der Waals surface area contributed by atoms with E-state index in [-0.39, 0.29) is 5.69 Å². The summed E-state index contributed by atoms with van der Waals surface area (Å²) in [6.45, 7) is 4.43. The van der Waals surface area contributed by atoms with Gasteiger partial charge >= 0.3 is 5.69 Å². The van der Waals surface area contributed by atoms with Gasteiger partial charge in [-0.2, -0.15) is 0 Å². The molecule has 0 bridgehead atoms. The van der Waals surface area contributed by atoms with Crippen LogP contribution in [0, 0.1) is 12.8 Å². The Bertz CT molecular complexity index is 606. The third-order valence-corrected chi connectivity index (χ3v) is 3.63. The Morgan fingerprint density at radius 1 is 1.50 bits per heavy atom. The second-order valence-corrected chi connectivity index (χ2v) is 5.14. The van der Waals surface area contributed by atoms with Gasteiger partial charge in [-0.25, -0.2) is 4.79 Å². The molecule has 0 aliphatic carbocycles. The molecule has 0 spiro atoms. The number of aromatic nitrogens is 2. The molecule has 1 aliphatic rings. The number of aromatic amines is 1. The normalized spacial score (nSPS) is 20.4. The molecule has 0 amide bonds. The standard InChI is InChI=1S/C14H18N2O2/c1-10-4-5-12-13(7-10)16(14(17)15-12)8-11-3-2-6-18-9-11/h4-5,7,11H,2-3,6,8-9H2,1H3,(H,15,17). The molecule has 0 saturated carbocycles. The lowest BCUT2D eigenvalue weighted by molar-refractivity contribution is 0.0485. The van der Waals surface area contributed by atoms with Crippen molar-refractivity contribution in [3.05, 3.63) is 34.2 Å². The summed E-state index contributed by atoms with van der Waals surface area (Å²) >= 11 is 0. The number of aryl methyl sites for hydroxylation is 1. The minimum absolute atomic E-state index is 0.0128. The summed E-state index contributed by atoms with van der Waals surface area (Å²) in [4.78, 5) is 14.9. The van der Waals surface area contributed by atoms with E-state index < -0.39 is 0 Å². The number of hydrogen-bond acceptors (Lipinski definition) is 2. The number of nitrogens with zero attached hydrogens (tertiary/aromatic N) is 1. The Morgan fingerprint density at radius 3 is 3.17 bits per heavy atom. The first-order chi connectivity index (χ1) is 8.74. The molecule has 2 aromatic rings. The summed E-state index contributed by atoms with van der Waals surface area (Å²) in [5, 5.41) is 0. The molecule has 4 heteroatoms. The Labute approximate surface area is 106 Å². The van der Waals surface area contributed by atoms with Gasteiger partial charge in [-0.3, -0.25) is 4.57 Å². The Hall–Kier alpha value is -1.55. The third kappa shape index (κ3) is 2.08. The summed E-state index contributed by atoms with van der Waals surface area (Å²) < 4.78 is 7.33. The minimum Gasteiger partial charge on any atom is -0.381 e. The molecule has 2 heterocycles. The number of hydrogen-bond donors (Lipinski definition) is 1. The van der Waals surface area contributed by atoms with E-state index in [2.05, 4.69) is 11.1 Å². The van der Waals surface area contributed by atoms with Crippen LogP contribution in [0.1, 0.15) is 18.4 Å². The Balaban J connectivity index is 1.97. The average molecular weight is 246 g/mol. The van der Waals surface area contributed by atoms with Crippen molar-refractivity contribution in [2.45, 2.75) is 26.3 Å². The van der Waals surface area contributed by atoms with Gasteiger partial charge in [-0.1, -0.05) is 6.07 Å². The van der Waals surface area contributed by atoms with Gasteiger partial charge in [-0.05, 0) is 37.5 Å². The van der Waals surface area contributed by atoms with Gasteiger partial charge in [0.15, 0.2) is 0 Å². The third-order valence-electron chi connectivity index (χ3n) is 3.63. The summed E-state index contributed by atoms with van der Waals surface area (Å²) in [5.74, 6) is 0.455. The summed E-state index contributed by atoms with van der Waals surface area (Å²) in [5.41, 5.74) is 3.09. The van der Waals surface area contributed by atoms with Gasteiger partial charge in [0.25, 0.3) is 0 Å². The highest BCUT2D eigenvalue weighted by molar-refractivity contribution is 5.75. The number of rotatable bonds is 2. The van der Waals surface area contributed by atoms with Crippen LogP contribution in [-0.2, 0) is 11.3 Å². The highest BCUT2D eigenvalue weighted by Gasteiger charge is 2.17. The summed E-state index contributed by atoms with van der Waals surface area (Å²) in [6.07, 6.45) is 2.24. The van der Waals surface area contributed by atoms with Crippen molar-refractivity contribution in [2.75, 3.05) is 13.2 Å². The van der Waals surface area contributed by atoms with E-state index in [1.54, 1.807) is 0 Å². The number of nitrogens with one attached hydrogen (secondary N) is 1. The highest BCUT2D eigenvalue weighted by Crippen LogP contribution is 2.18. The van der Waals surface area contributed by atoms with Gasteiger partial charge in [-0.15, -0.1) is 0 Å². The molecule has 1 aliphatic heterocycles. The molecule has 96 valence electrons. The number of fused-ring (bicyclic) bond motifs is 1. The van der Waals surface area contributed by atoms with Crippen molar-refractivity contribution >= 4 is 11.0 Å². The van der Waals surface area contributed by atoms with Crippen molar-refractivity contribution in [1.29, 1.82) is 0 Å². The quantitative estimate of drug-likeness (QED) is 0.881. The predicted molar refractivity (Wildman–Crippen MR) is 70.8 cm³/mol. The fraction of sp³-hybridized carbons (Fsp3) is 0.500. The van der Waals surface area contributed by atoms with Crippen molar-refractivity contribution in [2.24, 2.45) is 5.92 Å². The van der Waals surface area contributed by atoms with Crippen LogP contribution in [0.4, 0.5) is 0 Å². The maximum absolute atomic E-state index is 12.0. The molecule has 3 rings (SSSR count). The van der Waals surface area contributed by atoms with Crippen LogP contribution < -0.4 is 5.69 Å². The zero-order valence-electron chi connectivity index (χ0n) is 10.6. The van der Waals surface area contributed by atoms with Crippen molar-refractivity contribution in [3.8, 4) is 0 Å². The zero-order chi connectivity index (χ0) is 12.5. The number of H-pyrrole nitrogens is 1. The molecule has 0 radical (unpaired) electrons. The lowest BCUT2D eigenvalue weighted by Gasteiger charge is -2.22. The molecule has 1 unspecified atom stereocenters. The first kappa shape index (κ1) is 11.5. The van der Waals surface area contributed by atoms with Crippen LogP contribution in [0.15, 0.2) is 23.0 Å². The summed E-state index contributed by atoms with van der Waals surface area (Å²) in [6, 6.07) is 6.06. The molecular formula is C14H18N2O2. The Morgan fingerprint density at radius 2 is 2.39 bits per heavy atom. The van der Waals surface area contributed by atoms with Crippen molar-refractivity contribution < 1.29 is 4.74 Å². The second kappa shape index (κ2) is 4.61.